The van der Waals surface area contributed by atoms with Gasteiger partial charge in [-0.25, -0.2) is 0 Å². The van der Waals surface area contributed by atoms with E-state index < -0.39 is 17.3 Å². The molecule has 1 aromatic rings. The Morgan fingerprint density at radius 3 is 2.47 bits per heavy atom. The first kappa shape index (κ1) is 24.4. The Morgan fingerprint density at radius 2 is 1.84 bits per heavy atom. The molecule has 0 bridgehead atoms. The van der Waals surface area contributed by atoms with E-state index >= 15 is 0 Å². The maximum Gasteiger partial charge on any atom is 0.416 e. The molecule has 0 radical (unpaired) electrons. The predicted molar refractivity (Wildman–Crippen MR) is 114 cm³/mol. The number of hydrogen-bond donors (Lipinski definition) is 2. The lowest BCUT2D eigenvalue weighted by molar-refractivity contribution is -0.137. The minimum absolute atomic E-state index is 0.0586. The molecule has 0 aromatic heterocycles. The van der Waals surface area contributed by atoms with Gasteiger partial charge in [0.05, 0.1) is 11.1 Å². The largest absolute Gasteiger partial charge is 0.489 e. The standard InChI is InChI=1S/C23H32F3N3O3/c1-22(2,21(31)28-13-15-6-8-16(9-7-15)20(27)30)29-11-10-19(14-29)32-18-5-3-4-17(12-18)23(24,25)26/h3-5,12,15-16,19H,6-11,13-14H2,1-2H3,(H2,27,30)(H,28,31)/t15?,16?,19-/m1/s1. The first-order chi connectivity index (χ1) is 15.0. The van der Waals surface area contributed by atoms with Crippen LogP contribution in [0.2, 0.25) is 0 Å². The molecule has 1 aliphatic heterocycles. The number of hydrogen-bond acceptors (Lipinski definition) is 4. The lowest BCUT2D eigenvalue weighted by Gasteiger charge is -2.35. The van der Waals surface area contributed by atoms with Gasteiger partial charge in [0, 0.05) is 25.6 Å². The minimum Gasteiger partial charge on any atom is -0.489 e. The van der Waals surface area contributed by atoms with Crippen LogP contribution in [-0.2, 0) is 15.8 Å². The number of primary amides is 1. The fourth-order valence-electron chi connectivity index (χ4n) is 4.52. The van der Waals surface area contributed by atoms with E-state index in [0.29, 0.717) is 32.0 Å². The lowest BCUT2D eigenvalue weighted by Crippen LogP contribution is -2.55. The van der Waals surface area contributed by atoms with Crippen LogP contribution in [0.3, 0.4) is 0 Å². The minimum atomic E-state index is -4.42. The third-order valence-electron chi connectivity index (χ3n) is 6.76. The Hall–Kier alpha value is -2.29. The second-order valence-corrected chi connectivity index (χ2v) is 9.39. The van der Waals surface area contributed by atoms with Crippen LogP contribution in [0, 0.1) is 11.8 Å². The molecule has 1 aromatic carbocycles. The summed E-state index contributed by atoms with van der Waals surface area (Å²) in [6.07, 6.45) is -0.810. The summed E-state index contributed by atoms with van der Waals surface area (Å²) in [7, 11) is 0. The Kier molecular flexibility index (Phi) is 7.37. The molecule has 1 aliphatic carbocycles. The molecule has 9 heteroatoms. The van der Waals surface area contributed by atoms with Gasteiger partial charge in [-0.1, -0.05) is 6.07 Å². The van der Waals surface area contributed by atoms with Crippen molar-refractivity contribution in [3.05, 3.63) is 29.8 Å². The fourth-order valence-corrected chi connectivity index (χ4v) is 4.52. The van der Waals surface area contributed by atoms with Crippen LogP contribution in [0.5, 0.6) is 5.75 Å². The molecule has 0 unspecified atom stereocenters. The highest BCUT2D eigenvalue weighted by Crippen LogP contribution is 2.33. The van der Waals surface area contributed by atoms with Crippen LogP contribution in [0.4, 0.5) is 13.2 Å². The van der Waals surface area contributed by atoms with Crippen molar-refractivity contribution in [1.29, 1.82) is 0 Å². The zero-order chi connectivity index (χ0) is 23.5. The maximum atomic E-state index is 12.9. The molecule has 6 nitrogen and oxygen atoms in total. The van der Waals surface area contributed by atoms with E-state index in [4.69, 9.17) is 10.5 Å². The van der Waals surface area contributed by atoms with Crippen LogP contribution in [0.25, 0.3) is 0 Å². The zero-order valence-electron chi connectivity index (χ0n) is 18.6. The number of ether oxygens (including phenoxy) is 1. The normalized spacial score (nSPS) is 24.8. The summed E-state index contributed by atoms with van der Waals surface area (Å²) in [6.45, 7) is 5.33. The Bertz CT molecular complexity index is 820. The van der Waals surface area contributed by atoms with E-state index in [9.17, 15) is 22.8 Å². The van der Waals surface area contributed by atoms with Crippen LogP contribution < -0.4 is 15.8 Å². The van der Waals surface area contributed by atoms with Gasteiger partial charge < -0.3 is 15.8 Å². The van der Waals surface area contributed by atoms with Gasteiger partial charge in [0.15, 0.2) is 0 Å². The monoisotopic (exact) mass is 455 g/mol. The van der Waals surface area contributed by atoms with Gasteiger partial charge in [-0.3, -0.25) is 14.5 Å². The van der Waals surface area contributed by atoms with E-state index in [1.54, 1.807) is 0 Å². The molecule has 3 N–H and O–H groups in total. The highest BCUT2D eigenvalue weighted by Gasteiger charge is 2.40. The Labute approximate surface area is 186 Å². The Balaban J connectivity index is 1.49. The molecule has 2 amide bonds. The topological polar surface area (TPSA) is 84.7 Å². The van der Waals surface area contributed by atoms with Gasteiger partial charge in [0.2, 0.25) is 11.8 Å². The van der Waals surface area contributed by atoms with Gasteiger partial charge in [-0.15, -0.1) is 0 Å². The number of carbonyl (C=O) groups excluding carboxylic acids is 2. The molecule has 2 aliphatic rings. The quantitative estimate of drug-likeness (QED) is 0.661. The van der Waals surface area contributed by atoms with Crippen molar-refractivity contribution in [3.63, 3.8) is 0 Å². The van der Waals surface area contributed by atoms with E-state index in [-0.39, 0.29) is 29.6 Å². The van der Waals surface area contributed by atoms with Gasteiger partial charge in [0.25, 0.3) is 0 Å². The molecular weight excluding hydrogens is 423 g/mol. The lowest BCUT2D eigenvalue weighted by atomic mass is 9.81. The summed E-state index contributed by atoms with van der Waals surface area (Å²) in [5, 5.41) is 3.04. The number of amides is 2. The van der Waals surface area contributed by atoms with Crippen molar-refractivity contribution < 1.29 is 27.5 Å². The van der Waals surface area contributed by atoms with Crippen LogP contribution in [0.15, 0.2) is 24.3 Å². The second kappa shape index (κ2) is 9.68. The van der Waals surface area contributed by atoms with Gasteiger partial charge in [-0.05, 0) is 70.1 Å². The summed E-state index contributed by atoms with van der Waals surface area (Å²) < 4.78 is 44.6. The zero-order valence-corrected chi connectivity index (χ0v) is 18.6. The van der Waals surface area contributed by atoms with Crippen molar-refractivity contribution in [2.75, 3.05) is 19.6 Å². The number of carbonyl (C=O) groups is 2. The average Bonchev–Trinajstić information content (AvgIpc) is 3.21. The summed E-state index contributed by atoms with van der Waals surface area (Å²) in [5.74, 6) is 0.122. The van der Waals surface area contributed by atoms with Crippen molar-refractivity contribution in [2.24, 2.45) is 17.6 Å². The molecule has 1 saturated carbocycles. The highest BCUT2D eigenvalue weighted by atomic mass is 19.4. The predicted octanol–water partition coefficient (Wildman–Crippen LogP) is 3.35. The van der Waals surface area contributed by atoms with Crippen molar-refractivity contribution >= 4 is 11.8 Å². The number of rotatable bonds is 7. The maximum absolute atomic E-state index is 12.9. The molecule has 1 atom stereocenters. The number of likely N-dealkylation sites (tertiary alicyclic amines) is 1. The second-order valence-electron chi connectivity index (χ2n) is 9.39. The van der Waals surface area contributed by atoms with E-state index in [0.717, 1.165) is 37.8 Å². The molecule has 1 saturated heterocycles. The van der Waals surface area contributed by atoms with Crippen molar-refractivity contribution in [1.82, 2.24) is 10.2 Å². The van der Waals surface area contributed by atoms with E-state index in [1.807, 2.05) is 18.7 Å². The van der Waals surface area contributed by atoms with Crippen molar-refractivity contribution in [2.45, 2.75) is 63.8 Å². The first-order valence-corrected chi connectivity index (χ1v) is 11.1. The number of halogens is 3. The summed E-state index contributed by atoms with van der Waals surface area (Å²) in [4.78, 5) is 26.2. The number of nitrogens with one attached hydrogen (secondary N) is 1. The highest BCUT2D eigenvalue weighted by molar-refractivity contribution is 5.85. The number of alkyl halides is 3. The molecule has 3 rings (SSSR count). The number of benzene rings is 1. The summed E-state index contributed by atoms with van der Waals surface area (Å²) >= 11 is 0. The molecule has 0 spiro atoms. The first-order valence-electron chi connectivity index (χ1n) is 11.1. The molecule has 1 heterocycles. The van der Waals surface area contributed by atoms with E-state index in [1.165, 1.54) is 12.1 Å². The molecular formula is C23H32F3N3O3. The SMILES string of the molecule is CC(C)(C(=O)NCC1CCC(C(N)=O)CC1)N1CC[C@@H](Oc2cccc(C(F)(F)F)c2)C1. The van der Waals surface area contributed by atoms with Crippen molar-refractivity contribution in [3.8, 4) is 5.75 Å². The van der Waals surface area contributed by atoms with Gasteiger partial charge in [-0.2, -0.15) is 13.2 Å². The third-order valence-corrected chi connectivity index (χ3v) is 6.76. The molecule has 178 valence electrons. The number of nitrogens with zero attached hydrogens (tertiary/aromatic N) is 1. The van der Waals surface area contributed by atoms with Gasteiger partial charge >= 0.3 is 6.18 Å². The fraction of sp³-hybridized carbons (Fsp3) is 0.652. The Morgan fingerprint density at radius 1 is 1.16 bits per heavy atom. The third kappa shape index (κ3) is 5.94. The number of nitrogens with two attached hydrogens (primary N) is 1. The van der Waals surface area contributed by atoms with Crippen LogP contribution >= 0.6 is 0 Å². The van der Waals surface area contributed by atoms with Gasteiger partial charge in [0.1, 0.15) is 11.9 Å². The summed E-state index contributed by atoms with van der Waals surface area (Å²) in [6, 6.07) is 4.87. The molecule has 32 heavy (non-hydrogen) atoms. The smallest absolute Gasteiger partial charge is 0.416 e. The van der Waals surface area contributed by atoms with E-state index in [2.05, 4.69) is 5.32 Å². The summed E-state index contributed by atoms with van der Waals surface area (Å²) in [5.41, 5.74) is 3.86. The average molecular weight is 456 g/mol. The van der Waals surface area contributed by atoms with Crippen LogP contribution in [-0.4, -0.2) is 48.0 Å². The van der Waals surface area contributed by atoms with Crippen LogP contribution in [0.1, 0.15) is 51.5 Å². The molecule has 2 fully saturated rings.